The second-order valence-corrected chi connectivity index (χ2v) is 3.40. The van der Waals surface area contributed by atoms with E-state index in [4.69, 9.17) is 0 Å². The van der Waals surface area contributed by atoms with Gasteiger partial charge in [0.1, 0.15) is 4.60 Å². The first-order valence-electron chi connectivity index (χ1n) is 3.94. The highest BCUT2D eigenvalue weighted by atomic mass is 79.9. The number of aryl methyl sites for hydroxylation is 1. The minimum atomic E-state index is 0.955. The summed E-state index contributed by atoms with van der Waals surface area (Å²) in [6, 6.07) is 6.09. The van der Waals surface area contributed by atoms with Crippen LogP contribution in [0, 0.1) is 0 Å². The van der Waals surface area contributed by atoms with Crippen molar-refractivity contribution in [3.63, 3.8) is 0 Å². The summed E-state index contributed by atoms with van der Waals surface area (Å²) in [5, 5.41) is 4.32. The van der Waals surface area contributed by atoms with E-state index >= 15 is 0 Å². The zero-order chi connectivity index (χ0) is 8.55. The van der Waals surface area contributed by atoms with Crippen LogP contribution in [0.3, 0.4) is 0 Å². The molecule has 0 aromatic carbocycles. The minimum absolute atomic E-state index is 0.955. The molecule has 0 aliphatic carbocycles. The Morgan fingerprint density at radius 3 is 3.08 bits per heavy atom. The second-order valence-electron chi connectivity index (χ2n) is 2.65. The van der Waals surface area contributed by atoms with Crippen molar-refractivity contribution in [2.75, 3.05) is 0 Å². The summed E-state index contributed by atoms with van der Waals surface area (Å²) >= 11 is 3.44. The Bertz CT molecular complexity index is 406. The van der Waals surface area contributed by atoms with Gasteiger partial charge in [-0.1, -0.05) is 13.0 Å². The van der Waals surface area contributed by atoms with Gasteiger partial charge < -0.3 is 0 Å². The minimum Gasteiger partial charge on any atom is -0.240 e. The van der Waals surface area contributed by atoms with E-state index in [1.54, 1.807) is 0 Å². The first-order valence-corrected chi connectivity index (χ1v) is 4.74. The third-order valence-electron chi connectivity index (χ3n) is 1.95. The van der Waals surface area contributed by atoms with Gasteiger partial charge in [0, 0.05) is 11.8 Å². The van der Waals surface area contributed by atoms with E-state index in [0.29, 0.717) is 0 Å². The number of fused-ring (bicyclic) bond motifs is 1. The van der Waals surface area contributed by atoms with Gasteiger partial charge in [0.15, 0.2) is 0 Å². The Morgan fingerprint density at radius 1 is 1.50 bits per heavy atom. The van der Waals surface area contributed by atoms with Gasteiger partial charge in [0.25, 0.3) is 0 Å². The average molecular weight is 225 g/mol. The summed E-state index contributed by atoms with van der Waals surface area (Å²) in [6.45, 7) is 2.13. The molecule has 2 rings (SSSR count). The first kappa shape index (κ1) is 7.80. The van der Waals surface area contributed by atoms with Gasteiger partial charge in [-0.25, -0.2) is 4.52 Å². The molecule has 0 aliphatic heterocycles. The highest BCUT2D eigenvalue weighted by molar-refractivity contribution is 9.10. The molecule has 62 valence electrons. The van der Waals surface area contributed by atoms with Gasteiger partial charge in [-0.3, -0.25) is 0 Å². The van der Waals surface area contributed by atoms with Gasteiger partial charge in [0.05, 0.1) is 5.52 Å². The lowest BCUT2D eigenvalue weighted by Gasteiger charge is -1.92. The Morgan fingerprint density at radius 2 is 2.33 bits per heavy atom. The molecule has 0 saturated carbocycles. The molecule has 2 aromatic rings. The number of aromatic nitrogens is 2. The van der Waals surface area contributed by atoms with Gasteiger partial charge in [-0.2, -0.15) is 5.10 Å². The lowest BCUT2D eigenvalue weighted by Crippen LogP contribution is -1.83. The Labute approximate surface area is 79.3 Å². The molecule has 12 heavy (non-hydrogen) atoms. The standard InChI is InChI=1S/C9H9BrN2/c1-2-7-8-5-3-4-6-12(8)11-9(7)10/h3-6H,2H2,1H3. The summed E-state index contributed by atoms with van der Waals surface area (Å²) < 4.78 is 2.85. The molecule has 2 heterocycles. The third-order valence-corrected chi connectivity index (χ3v) is 2.58. The van der Waals surface area contributed by atoms with Crippen LogP contribution in [0.2, 0.25) is 0 Å². The molecule has 0 radical (unpaired) electrons. The fraction of sp³-hybridized carbons (Fsp3) is 0.222. The lowest BCUT2D eigenvalue weighted by molar-refractivity contribution is 0.946. The van der Waals surface area contributed by atoms with Gasteiger partial charge in [0.2, 0.25) is 0 Å². The summed E-state index contributed by atoms with van der Waals surface area (Å²) in [7, 11) is 0. The zero-order valence-electron chi connectivity index (χ0n) is 6.79. The van der Waals surface area contributed by atoms with Crippen molar-refractivity contribution in [1.29, 1.82) is 0 Å². The number of hydrogen-bond acceptors (Lipinski definition) is 1. The Balaban J connectivity index is 2.81. The maximum absolute atomic E-state index is 4.32. The molecule has 2 aromatic heterocycles. The van der Waals surface area contributed by atoms with Crippen LogP contribution >= 0.6 is 15.9 Å². The van der Waals surface area contributed by atoms with Crippen molar-refractivity contribution < 1.29 is 0 Å². The second kappa shape index (κ2) is 2.90. The van der Waals surface area contributed by atoms with Crippen LogP contribution in [-0.2, 0) is 6.42 Å². The SMILES string of the molecule is CCc1c(Br)nn2ccccc12. The number of rotatable bonds is 1. The van der Waals surface area contributed by atoms with Crippen LogP contribution in [0.25, 0.3) is 5.52 Å². The van der Waals surface area contributed by atoms with Crippen molar-refractivity contribution in [2.24, 2.45) is 0 Å². The number of nitrogens with zero attached hydrogens (tertiary/aromatic N) is 2. The number of hydrogen-bond donors (Lipinski definition) is 0. The molecule has 3 heteroatoms. The fourth-order valence-electron chi connectivity index (χ4n) is 1.35. The molecule has 0 aliphatic rings. The van der Waals surface area contributed by atoms with Crippen molar-refractivity contribution in [1.82, 2.24) is 9.61 Å². The summed E-state index contributed by atoms with van der Waals surface area (Å²) in [5.74, 6) is 0. The van der Waals surface area contributed by atoms with E-state index in [9.17, 15) is 0 Å². The highest BCUT2D eigenvalue weighted by Gasteiger charge is 2.06. The number of halogens is 1. The molecule has 0 unspecified atom stereocenters. The average Bonchev–Trinajstić information content (AvgIpc) is 2.40. The van der Waals surface area contributed by atoms with Crippen molar-refractivity contribution in [2.45, 2.75) is 13.3 Å². The van der Waals surface area contributed by atoms with E-state index in [0.717, 1.165) is 11.0 Å². The molecule has 0 N–H and O–H groups in total. The first-order chi connectivity index (χ1) is 5.83. The van der Waals surface area contributed by atoms with Crippen LogP contribution in [0.15, 0.2) is 29.0 Å². The summed E-state index contributed by atoms with van der Waals surface area (Å²) in [5.41, 5.74) is 2.46. The van der Waals surface area contributed by atoms with Crippen LogP contribution in [-0.4, -0.2) is 9.61 Å². The lowest BCUT2D eigenvalue weighted by atomic mass is 10.2. The van der Waals surface area contributed by atoms with Gasteiger partial charge in [-0.05, 0) is 34.5 Å². The molecule has 0 saturated heterocycles. The monoisotopic (exact) mass is 224 g/mol. The molecule has 0 bridgehead atoms. The van der Waals surface area contributed by atoms with E-state index in [1.165, 1.54) is 11.1 Å². The zero-order valence-corrected chi connectivity index (χ0v) is 8.37. The molecule has 0 fully saturated rings. The van der Waals surface area contributed by atoms with Gasteiger partial charge >= 0.3 is 0 Å². The molecular formula is C9H9BrN2. The van der Waals surface area contributed by atoms with E-state index in [-0.39, 0.29) is 0 Å². The normalized spacial score (nSPS) is 10.8. The number of pyridine rings is 1. The maximum atomic E-state index is 4.32. The van der Waals surface area contributed by atoms with E-state index < -0.39 is 0 Å². The summed E-state index contributed by atoms with van der Waals surface area (Å²) in [4.78, 5) is 0. The van der Waals surface area contributed by atoms with E-state index in [2.05, 4.69) is 34.0 Å². The smallest absolute Gasteiger partial charge is 0.132 e. The van der Waals surface area contributed by atoms with Crippen molar-refractivity contribution >= 4 is 21.4 Å². The van der Waals surface area contributed by atoms with Crippen molar-refractivity contribution in [3.8, 4) is 0 Å². The van der Waals surface area contributed by atoms with Crippen LogP contribution in [0.5, 0.6) is 0 Å². The van der Waals surface area contributed by atoms with Crippen LogP contribution < -0.4 is 0 Å². The highest BCUT2D eigenvalue weighted by Crippen LogP contribution is 2.20. The largest absolute Gasteiger partial charge is 0.240 e. The molecular weight excluding hydrogens is 216 g/mol. The predicted molar refractivity (Wildman–Crippen MR) is 52.3 cm³/mol. The third kappa shape index (κ3) is 1.05. The summed E-state index contributed by atoms with van der Waals surface area (Å²) in [6.07, 6.45) is 2.97. The predicted octanol–water partition coefficient (Wildman–Crippen LogP) is 2.66. The quantitative estimate of drug-likeness (QED) is 0.729. The Kier molecular flexibility index (Phi) is 1.89. The fourth-order valence-corrected chi connectivity index (χ4v) is 2.00. The molecule has 2 nitrogen and oxygen atoms in total. The molecule has 0 amide bonds. The van der Waals surface area contributed by atoms with Crippen LogP contribution in [0.4, 0.5) is 0 Å². The maximum Gasteiger partial charge on any atom is 0.132 e. The molecule has 0 spiro atoms. The Hall–Kier alpha value is -0.830. The van der Waals surface area contributed by atoms with Gasteiger partial charge in [-0.15, -0.1) is 0 Å². The molecule has 0 atom stereocenters. The van der Waals surface area contributed by atoms with Crippen LogP contribution in [0.1, 0.15) is 12.5 Å². The van der Waals surface area contributed by atoms with E-state index in [1.807, 2.05) is 22.8 Å². The topological polar surface area (TPSA) is 17.3 Å². The van der Waals surface area contributed by atoms with Crippen molar-refractivity contribution in [3.05, 3.63) is 34.6 Å².